The number of hydrogen-bond donors (Lipinski definition) is 0. The second-order valence-corrected chi connectivity index (χ2v) is 1.82. The average molecular weight is 136 g/mol. The van der Waals surface area contributed by atoms with Gasteiger partial charge in [0.15, 0.2) is 5.13 Å². The van der Waals surface area contributed by atoms with Gasteiger partial charge in [-0.25, -0.2) is 4.98 Å². The molecule has 0 aliphatic carbocycles. The molecule has 0 fully saturated rings. The zero-order valence-corrected chi connectivity index (χ0v) is 4.62. The number of aromatic nitrogens is 1. The molecule has 0 saturated carbocycles. The summed E-state index contributed by atoms with van der Waals surface area (Å²) in [5, 5.41) is -0.636. The van der Waals surface area contributed by atoms with E-state index in [0.29, 0.717) is 11.3 Å². The number of nitrogens with zero attached hydrogens (tertiary/aromatic N) is 2. The Kier molecular flexibility index (Phi) is 0.344. The second kappa shape index (κ2) is 2.13. The molecule has 44 valence electrons. The van der Waals surface area contributed by atoms with Crippen molar-refractivity contribution in [1.82, 2.24) is 4.98 Å². The Balaban J connectivity index is 3.23. The maximum absolute atomic E-state index is 7.22. The highest BCUT2D eigenvalue weighted by molar-refractivity contribution is 7.13. The summed E-state index contributed by atoms with van der Waals surface area (Å²) in [5.74, 6) is 0. The molecule has 8 heavy (non-hydrogen) atoms. The number of rotatable bonds is 1. The molecule has 0 amide bonds. The topological polar surface area (TPSA) is 16.1 Å². The molecule has 0 unspecified atom stereocenters. The van der Waals surface area contributed by atoms with Crippen LogP contribution < -0.4 is 4.90 Å². The van der Waals surface area contributed by atoms with E-state index in [9.17, 15) is 0 Å². The van der Waals surface area contributed by atoms with Crippen LogP contribution in [0.15, 0.2) is 11.5 Å². The molecular weight excluding hydrogens is 120 g/mol. The molecule has 0 aliphatic rings. The van der Waals surface area contributed by atoms with E-state index in [1.165, 1.54) is 0 Å². The van der Waals surface area contributed by atoms with E-state index >= 15 is 0 Å². The van der Waals surface area contributed by atoms with Crippen molar-refractivity contribution in [3.05, 3.63) is 11.5 Å². The molecule has 1 aromatic heterocycles. The van der Waals surface area contributed by atoms with Gasteiger partial charge in [0.05, 0.1) is 2.74 Å². The summed E-state index contributed by atoms with van der Waals surface area (Å²) < 4.78 is 57.0. The van der Waals surface area contributed by atoms with Gasteiger partial charge >= 0.3 is 0 Å². The second-order valence-electron chi connectivity index (χ2n) is 1.05. The van der Waals surface area contributed by atoms with Gasteiger partial charge in [-0.1, -0.05) is 0 Å². The maximum Gasteiger partial charge on any atom is 0.184 e. The smallest absolute Gasteiger partial charge is 0.184 e. The first kappa shape index (κ1) is 1.29. The molecule has 1 aromatic rings. The molecule has 0 aliphatic heterocycles. The molecule has 2 nitrogen and oxygen atoms in total. The predicted molar refractivity (Wildman–Crippen MR) is 36.4 cm³/mol. The fourth-order valence-electron chi connectivity index (χ4n) is 0.258. The van der Waals surface area contributed by atoms with Gasteiger partial charge in [0.25, 0.3) is 0 Å². The SMILES string of the molecule is [2H]c1nc(N(C([2H])([2H])[2H])C([2H])([2H])[2H])sc1[2H]. The van der Waals surface area contributed by atoms with Crippen LogP contribution in [0.4, 0.5) is 5.13 Å². The lowest BCUT2D eigenvalue weighted by molar-refractivity contribution is 1.10. The van der Waals surface area contributed by atoms with Crippen LogP contribution in [0.3, 0.4) is 0 Å². The summed E-state index contributed by atoms with van der Waals surface area (Å²) in [7, 11) is 0. The summed E-state index contributed by atoms with van der Waals surface area (Å²) in [5.41, 5.74) is 0. The minimum Gasteiger partial charge on any atom is -0.354 e. The van der Waals surface area contributed by atoms with Crippen LogP contribution in [-0.4, -0.2) is 18.9 Å². The largest absolute Gasteiger partial charge is 0.354 e. The van der Waals surface area contributed by atoms with Gasteiger partial charge in [0, 0.05) is 33.7 Å². The third kappa shape index (κ3) is 0.980. The highest BCUT2D eigenvalue weighted by atomic mass is 32.1. The Labute approximate surface area is 64.0 Å². The molecule has 0 N–H and O–H groups in total. The van der Waals surface area contributed by atoms with Crippen molar-refractivity contribution in [2.75, 3.05) is 18.9 Å². The predicted octanol–water partition coefficient (Wildman–Crippen LogP) is 1.21. The van der Waals surface area contributed by atoms with E-state index < -0.39 is 20.1 Å². The summed E-state index contributed by atoms with van der Waals surface area (Å²) >= 11 is 0.550. The van der Waals surface area contributed by atoms with Crippen molar-refractivity contribution in [2.45, 2.75) is 0 Å². The van der Waals surface area contributed by atoms with Crippen LogP contribution in [0.25, 0.3) is 0 Å². The van der Waals surface area contributed by atoms with E-state index in [1.807, 2.05) is 0 Å². The highest BCUT2D eigenvalue weighted by Crippen LogP contribution is 2.12. The standard InChI is InChI=1S/C5H8N2S/c1-7(2)5-6-3-4-8-5/h3-4H,1-2H3/i1D3,2D3,3D,4D. The van der Waals surface area contributed by atoms with E-state index in [1.54, 1.807) is 0 Å². The lowest BCUT2D eigenvalue weighted by Gasteiger charge is -2.04. The first-order valence-electron chi connectivity index (χ1n) is 5.78. The first-order chi connectivity index (χ1) is 7.03. The van der Waals surface area contributed by atoms with Gasteiger partial charge in [-0.2, -0.15) is 0 Å². The lowest BCUT2D eigenvalue weighted by Crippen LogP contribution is -2.07. The quantitative estimate of drug-likeness (QED) is 0.577. The van der Waals surface area contributed by atoms with Gasteiger partial charge in [-0.3, -0.25) is 0 Å². The molecule has 1 rings (SSSR count). The third-order valence-corrected chi connectivity index (χ3v) is 1.18. The minimum absolute atomic E-state index is 0.167. The molecule has 1 heterocycles. The Hall–Kier alpha value is -0.570. The van der Waals surface area contributed by atoms with E-state index in [-0.39, 0.29) is 15.4 Å². The zero-order chi connectivity index (χ0) is 12.7. The van der Waals surface area contributed by atoms with Crippen LogP contribution in [0.2, 0.25) is 0 Å². The molecule has 3 heteroatoms. The van der Waals surface area contributed by atoms with Crippen LogP contribution in [0.5, 0.6) is 0 Å². The molecular formula is C5H8N2S. The Morgan fingerprint density at radius 3 is 3.38 bits per heavy atom. The van der Waals surface area contributed by atoms with Crippen molar-refractivity contribution in [3.8, 4) is 0 Å². The van der Waals surface area contributed by atoms with Crippen molar-refractivity contribution in [2.24, 2.45) is 0 Å². The van der Waals surface area contributed by atoms with Gasteiger partial charge in [-0.05, 0) is 0 Å². The summed E-state index contributed by atoms with van der Waals surface area (Å²) in [6, 6.07) is 0. The van der Waals surface area contributed by atoms with Crippen molar-refractivity contribution >= 4 is 16.5 Å². The molecule has 0 radical (unpaired) electrons. The van der Waals surface area contributed by atoms with Crippen molar-refractivity contribution < 1.29 is 11.0 Å². The Morgan fingerprint density at radius 2 is 2.88 bits per heavy atom. The van der Waals surface area contributed by atoms with Gasteiger partial charge < -0.3 is 4.90 Å². The minimum atomic E-state index is -2.89. The summed E-state index contributed by atoms with van der Waals surface area (Å²) in [6.45, 7) is -5.77. The monoisotopic (exact) mass is 136 g/mol. The first-order valence-corrected chi connectivity index (χ1v) is 2.59. The van der Waals surface area contributed by atoms with Crippen LogP contribution >= 0.6 is 11.3 Å². The maximum atomic E-state index is 7.22. The fraction of sp³-hybridized carbons (Fsp3) is 0.400. The lowest BCUT2D eigenvalue weighted by atomic mass is 10.9. The van der Waals surface area contributed by atoms with E-state index in [4.69, 9.17) is 11.0 Å². The van der Waals surface area contributed by atoms with Crippen LogP contribution in [0, 0.1) is 0 Å². The molecule has 0 saturated heterocycles. The normalized spacial score (nSPS) is 27.0. The number of hydrogen-bond acceptors (Lipinski definition) is 3. The Morgan fingerprint density at radius 1 is 2.00 bits per heavy atom. The highest BCUT2D eigenvalue weighted by Gasteiger charge is 1.92. The van der Waals surface area contributed by atoms with Gasteiger partial charge in [0.2, 0.25) is 0 Å². The molecule has 0 aromatic carbocycles. The summed E-state index contributed by atoms with van der Waals surface area (Å²) in [4.78, 5) is 3.61. The molecule has 0 atom stereocenters. The van der Waals surface area contributed by atoms with Gasteiger partial charge in [0.1, 0.15) is 0 Å². The molecule has 0 bridgehead atoms. The van der Waals surface area contributed by atoms with Gasteiger partial charge in [-0.15, -0.1) is 11.3 Å². The van der Waals surface area contributed by atoms with E-state index in [0.717, 1.165) is 0 Å². The third-order valence-electron chi connectivity index (χ3n) is 0.531. The fourth-order valence-corrected chi connectivity index (χ4v) is 0.623. The van der Waals surface area contributed by atoms with Crippen molar-refractivity contribution in [3.63, 3.8) is 0 Å². The zero-order valence-electron chi connectivity index (χ0n) is 11.8. The molecule has 0 spiro atoms. The number of thiazole rings is 1. The Bertz CT molecular complexity index is 345. The number of anilines is 1. The summed E-state index contributed by atoms with van der Waals surface area (Å²) in [6.07, 6.45) is -0.432. The van der Waals surface area contributed by atoms with Crippen LogP contribution in [0.1, 0.15) is 11.0 Å². The van der Waals surface area contributed by atoms with E-state index in [2.05, 4.69) is 4.98 Å². The van der Waals surface area contributed by atoms with Crippen LogP contribution in [-0.2, 0) is 0 Å². The average Bonchev–Trinajstić information content (AvgIpc) is 2.24. The van der Waals surface area contributed by atoms with Crippen molar-refractivity contribution in [1.29, 1.82) is 0 Å².